The number of Topliss-reactive ketones (excluding diaryl/α,β-unsaturated/α-hetero) is 2. The number of ketones is 2. The van der Waals surface area contributed by atoms with Gasteiger partial charge in [-0.25, -0.2) is 0 Å². The van der Waals surface area contributed by atoms with Crippen molar-refractivity contribution < 1.29 is 23.8 Å². The van der Waals surface area contributed by atoms with Gasteiger partial charge in [0.1, 0.15) is 0 Å². The predicted octanol–water partition coefficient (Wildman–Crippen LogP) is 3.57. The highest BCUT2D eigenvalue weighted by molar-refractivity contribution is 6.41. The van der Waals surface area contributed by atoms with E-state index in [1.54, 1.807) is 42.5 Å². The third-order valence-corrected chi connectivity index (χ3v) is 3.99. The highest BCUT2D eigenvalue weighted by Crippen LogP contribution is 2.39. The maximum absolute atomic E-state index is 12.5. The molecule has 0 amide bonds. The minimum Gasteiger partial charge on any atom is -0.493 e. The lowest BCUT2D eigenvalue weighted by molar-refractivity contribution is 0.0990. The second kappa shape index (κ2) is 6.81. The molecule has 0 fully saturated rings. The maximum Gasteiger partial charge on any atom is 0.203 e. The van der Waals surface area contributed by atoms with Gasteiger partial charge in [-0.2, -0.15) is 0 Å². The summed E-state index contributed by atoms with van der Waals surface area (Å²) in [7, 11) is 3.05. The highest BCUT2D eigenvalue weighted by Gasteiger charge is 2.32. The van der Waals surface area contributed by atoms with Gasteiger partial charge < -0.3 is 14.2 Å². The van der Waals surface area contributed by atoms with Crippen LogP contribution in [0.1, 0.15) is 33.2 Å². The molecule has 128 valence electrons. The van der Waals surface area contributed by atoms with Crippen LogP contribution in [0, 0.1) is 0 Å². The lowest BCUT2D eigenvalue weighted by Gasteiger charge is -2.14. The molecule has 1 aliphatic carbocycles. The Morgan fingerprint density at radius 2 is 1.44 bits per heavy atom. The van der Waals surface area contributed by atoms with E-state index in [0.29, 0.717) is 40.5 Å². The van der Waals surface area contributed by atoms with E-state index < -0.39 is 0 Å². The lowest BCUT2D eigenvalue weighted by atomic mass is 10.1. The first-order valence-electron chi connectivity index (χ1n) is 7.89. The summed E-state index contributed by atoms with van der Waals surface area (Å²) in [6.45, 7) is 2.32. The summed E-state index contributed by atoms with van der Waals surface area (Å²) in [5, 5.41) is 0. The SMILES string of the molecule is CCOc1c(OC)cc(C=C2C(=O)c3ccccc3C2=O)cc1OC. The first kappa shape index (κ1) is 16.8. The van der Waals surface area contributed by atoms with Crippen molar-refractivity contribution in [2.24, 2.45) is 0 Å². The Labute approximate surface area is 145 Å². The normalized spacial score (nSPS) is 12.8. The molecule has 0 atom stereocenters. The van der Waals surface area contributed by atoms with Gasteiger partial charge in [-0.1, -0.05) is 24.3 Å². The topological polar surface area (TPSA) is 61.8 Å². The molecule has 0 saturated carbocycles. The molecule has 5 nitrogen and oxygen atoms in total. The van der Waals surface area contributed by atoms with Crippen LogP contribution >= 0.6 is 0 Å². The molecular formula is C20H18O5. The molecule has 0 bridgehead atoms. The van der Waals surface area contributed by atoms with Crippen LogP contribution in [0.25, 0.3) is 6.08 Å². The van der Waals surface area contributed by atoms with Gasteiger partial charge in [-0.3, -0.25) is 9.59 Å². The number of allylic oxidation sites excluding steroid dienone is 1. The fourth-order valence-electron chi connectivity index (χ4n) is 2.84. The van der Waals surface area contributed by atoms with Gasteiger partial charge in [0, 0.05) is 11.1 Å². The Morgan fingerprint density at radius 3 is 1.88 bits per heavy atom. The van der Waals surface area contributed by atoms with Crippen molar-refractivity contribution in [2.45, 2.75) is 6.92 Å². The Hall–Kier alpha value is -3.08. The van der Waals surface area contributed by atoms with Gasteiger partial charge in [-0.05, 0) is 30.7 Å². The molecule has 5 heteroatoms. The smallest absolute Gasteiger partial charge is 0.203 e. The van der Waals surface area contributed by atoms with E-state index >= 15 is 0 Å². The molecule has 2 aromatic carbocycles. The minimum atomic E-state index is -0.271. The summed E-state index contributed by atoms with van der Waals surface area (Å²) in [5.74, 6) is 0.897. The number of methoxy groups -OCH3 is 2. The van der Waals surface area contributed by atoms with Crippen LogP contribution in [-0.2, 0) is 0 Å². The molecule has 0 unspecified atom stereocenters. The first-order chi connectivity index (χ1) is 12.1. The van der Waals surface area contributed by atoms with Crippen molar-refractivity contribution in [1.29, 1.82) is 0 Å². The number of carbonyl (C=O) groups excluding carboxylic acids is 2. The molecule has 0 aliphatic heterocycles. The van der Waals surface area contributed by atoms with Gasteiger partial charge in [-0.15, -0.1) is 0 Å². The van der Waals surface area contributed by atoms with Gasteiger partial charge >= 0.3 is 0 Å². The van der Waals surface area contributed by atoms with Crippen LogP contribution in [-0.4, -0.2) is 32.4 Å². The number of fused-ring (bicyclic) bond motifs is 1. The van der Waals surface area contributed by atoms with Gasteiger partial charge in [0.25, 0.3) is 0 Å². The second-order valence-corrected chi connectivity index (χ2v) is 5.45. The Balaban J connectivity index is 2.08. The summed E-state index contributed by atoms with van der Waals surface area (Å²) in [5.41, 5.74) is 1.63. The zero-order valence-corrected chi connectivity index (χ0v) is 14.3. The van der Waals surface area contributed by atoms with E-state index in [-0.39, 0.29) is 17.1 Å². The number of ether oxygens (including phenoxy) is 3. The van der Waals surface area contributed by atoms with Gasteiger partial charge in [0.15, 0.2) is 23.1 Å². The van der Waals surface area contributed by atoms with Crippen LogP contribution in [0.2, 0.25) is 0 Å². The van der Waals surface area contributed by atoms with Crippen molar-refractivity contribution in [3.63, 3.8) is 0 Å². The molecule has 0 heterocycles. The average molecular weight is 338 g/mol. The zero-order valence-electron chi connectivity index (χ0n) is 14.3. The summed E-state index contributed by atoms with van der Waals surface area (Å²) in [4.78, 5) is 25.0. The van der Waals surface area contributed by atoms with E-state index in [1.165, 1.54) is 14.2 Å². The van der Waals surface area contributed by atoms with E-state index in [2.05, 4.69) is 0 Å². The second-order valence-electron chi connectivity index (χ2n) is 5.45. The molecule has 2 aromatic rings. The molecule has 0 spiro atoms. The van der Waals surface area contributed by atoms with Crippen molar-refractivity contribution >= 4 is 17.6 Å². The molecule has 25 heavy (non-hydrogen) atoms. The monoisotopic (exact) mass is 338 g/mol. The maximum atomic E-state index is 12.5. The van der Waals surface area contributed by atoms with Crippen molar-refractivity contribution in [1.82, 2.24) is 0 Å². The standard InChI is InChI=1S/C20H18O5/c1-4-25-20-16(23-2)10-12(11-17(20)24-3)9-15-18(21)13-7-5-6-8-14(13)19(15)22/h5-11H,4H2,1-3H3. The number of carbonyl (C=O) groups is 2. The third kappa shape index (κ3) is 2.89. The Kier molecular flexibility index (Phi) is 4.57. The fraction of sp³-hybridized carbons (Fsp3) is 0.200. The third-order valence-electron chi connectivity index (χ3n) is 3.99. The Morgan fingerprint density at radius 1 is 0.920 bits per heavy atom. The molecule has 3 rings (SSSR count). The van der Waals surface area contributed by atoms with E-state index in [4.69, 9.17) is 14.2 Å². The Bertz CT molecular complexity index is 817. The van der Waals surface area contributed by atoms with Crippen molar-refractivity contribution in [2.75, 3.05) is 20.8 Å². The molecule has 0 radical (unpaired) electrons. The van der Waals surface area contributed by atoms with Crippen LogP contribution in [0.15, 0.2) is 42.0 Å². The van der Waals surface area contributed by atoms with Gasteiger partial charge in [0.2, 0.25) is 5.75 Å². The quantitative estimate of drug-likeness (QED) is 0.616. The van der Waals surface area contributed by atoms with Crippen LogP contribution < -0.4 is 14.2 Å². The zero-order chi connectivity index (χ0) is 18.0. The molecule has 0 aromatic heterocycles. The van der Waals surface area contributed by atoms with E-state index in [1.807, 2.05) is 6.92 Å². The molecular weight excluding hydrogens is 320 g/mol. The molecule has 1 aliphatic rings. The van der Waals surface area contributed by atoms with Crippen molar-refractivity contribution in [3.8, 4) is 17.2 Å². The number of hydrogen-bond donors (Lipinski definition) is 0. The summed E-state index contributed by atoms with van der Waals surface area (Å²) >= 11 is 0. The summed E-state index contributed by atoms with van der Waals surface area (Å²) < 4.78 is 16.3. The largest absolute Gasteiger partial charge is 0.493 e. The lowest BCUT2D eigenvalue weighted by Crippen LogP contribution is -2.02. The average Bonchev–Trinajstić information content (AvgIpc) is 2.88. The number of hydrogen-bond acceptors (Lipinski definition) is 5. The van der Waals surface area contributed by atoms with Crippen LogP contribution in [0.3, 0.4) is 0 Å². The van der Waals surface area contributed by atoms with E-state index in [9.17, 15) is 9.59 Å². The van der Waals surface area contributed by atoms with Gasteiger partial charge in [0.05, 0.1) is 26.4 Å². The van der Waals surface area contributed by atoms with E-state index in [0.717, 1.165) is 0 Å². The predicted molar refractivity (Wildman–Crippen MR) is 93.8 cm³/mol. The van der Waals surface area contributed by atoms with Crippen molar-refractivity contribution in [3.05, 3.63) is 58.7 Å². The summed E-state index contributed by atoms with van der Waals surface area (Å²) in [6, 6.07) is 10.2. The first-order valence-corrected chi connectivity index (χ1v) is 7.89. The number of benzene rings is 2. The van der Waals surface area contributed by atoms with Crippen LogP contribution in [0.4, 0.5) is 0 Å². The fourth-order valence-corrected chi connectivity index (χ4v) is 2.84. The molecule has 0 saturated heterocycles. The number of rotatable bonds is 5. The molecule has 0 N–H and O–H groups in total. The minimum absolute atomic E-state index is 0.134. The van der Waals surface area contributed by atoms with Crippen LogP contribution in [0.5, 0.6) is 17.2 Å². The summed E-state index contributed by atoms with van der Waals surface area (Å²) in [6.07, 6.45) is 1.56. The highest BCUT2D eigenvalue weighted by atomic mass is 16.5.